The molecule has 5 heteroatoms. The van der Waals surface area contributed by atoms with Gasteiger partial charge in [-0.05, 0) is 59.9 Å². The third kappa shape index (κ3) is 4.92. The highest BCUT2D eigenvalue weighted by Crippen LogP contribution is 2.22. The van der Waals surface area contributed by atoms with Crippen LogP contribution in [0.2, 0.25) is 0 Å². The Morgan fingerprint density at radius 2 is 1.47 bits per heavy atom. The Morgan fingerprint density at radius 3 is 2.13 bits per heavy atom. The third-order valence-electron chi connectivity index (χ3n) is 5.81. The predicted molar refractivity (Wildman–Crippen MR) is 119 cm³/mol. The van der Waals surface area contributed by atoms with Gasteiger partial charge in [-0.3, -0.25) is 19.7 Å². The summed E-state index contributed by atoms with van der Waals surface area (Å²) in [6.45, 7) is 6.16. The lowest BCUT2D eigenvalue weighted by Crippen LogP contribution is -2.37. The van der Waals surface area contributed by atoms with Gasteiger partial charge in [-0.1, -0.05) is 24.3 Å². The molecule has 2 aromatic heterocycles. The summed E-state index contributed by atoms with van der Waals surface area (Å²) in [7, 11) is 0. The minimum absolute atomic E-state index is 0.0268. The zero-order valence-electron chi connectivity index (χ0n) is 17.4. The predicted octanol–water partition coefficient (Wildman–Crippen LogP) is 3.67. The molecule has 1 fully saturated rings. The lowest BCUT2D eigenvalue weighted by molar-refractivity contribution is -0.134. The average Bonchev–Trinajstić information content (AvgIpc) is 2.94. The molecule has 4 rings (SSSR count). The van der Waals surface area contributed by atoms with Gasteiger partial charge in [-0.15, -0.1) is 0 Å². The van der Waals surface area contributed by atoms with E-state index in [1.54, 1.807) is 0 Å². The standard InChI is InChI=1S/C25H28N4O/c1-2-29-16-15-28(18-21-7-11-26-12-8-21)19-24(25(29)30)17-20-3-5-22(6-4-20)23-9-13-27-14-10-23/h3-14,24H,2,15-19H2,1H3/t24-/m1/s1. The second kappa shape index (κ2) is 9.63. The number of carbonyl (C=O) groups is 1. The van der Waals surface area contributed by atoms with Crippen molar-refractivity contribution in [2.24, 2.45) is 5.92 Å². The molecule has 154 valence electrons. The molecule has 1 atom stereocenters. The van der Waals surface area contributed by atoms with Crippen molar-refractivity contribution in [3.05, 3.63) is 84.4 Å². The molecule has 1 aliphatic heterocycles. The molecule has 1 aliphatic rings. The van der Waals surface area contributed by atoms with Gasteiger partial charge < -0.3 is 4.90 Å². The van der Waals surface area contributed by atoms with Gasteiger partial charge in [0.05, 0.1) is 5.92 Å². The highest BCUT2D eigenvalue weighted by atomic mass is 16.2. The molecule has 3 aromatic rings. The summed E-state index contributed by atoms with van der Waals surface area (Å²) in [5.74, 6) is 0.244. The first kappa shape index (κ1) is 20.2. The summed E-state index contributed by atoms with van der Waals surface area (Å²) >= 11 is 0. The molecule has 0 bridgehead atoms. The Kier molecular flexibility index (Phi) is 6.50. The molecule has 1 aromatic carbocycles. The normalized spacial score (nSPS) is 17.7. The van der Waals surface area contributed by atoms with E-state index in [0.717, 1.165) is 44.7 Å². The molecule has 0 N–H and O–H groups in total. The summed E-state index contributed by atoms with van der Waals surface area (Å²) in [4.78, 5) is 25.7. The average molecular weight is 401 g/mol. The quantitative estimate of drug-likeness (QED) is 0.634. The van der Waals surface area contributed by atoms with Gasteiger partial charge in [0.25, 0.3) is 0 Å². The van der Waals surface area contributed by atoms with Crippen LogP contribution in [0.15, 0.2) is 73.3 Å². The SMILES string of the molecule is CCN1CCN(Cc2ccncc2)C[C@@H](Cc2ccc(-c3ccncc3)cc2)C1=O. The van der Waals surface area contributed by atoms with Crippen LogP contribution in [0.3, 0.4) is 0 Å². The summed E-state index contributed by atoms with van der Waals surface area (Å²) in [6, 6.07) is 16.7. The third-order valence-corrected chi connectivity index (χ3v) is 5.81. The van der Waals surface area contributed by atoms with Crippen molar-refractivity contribution in [1.29, 1.82) is 0 Å². The number of hydrogen-bond donors (Lipinski definition) is 0. The second-order valence-electron chi connectivity index (χ2n) is 7.84. The molecule has 1 amide bonds. The smallest absolute Gasteiger partial charge is 0.227 e. The number of likely N-dealkylation sites (N-methyl/N-ethyl adjacent to an activating group) is 1. The number of pyridine rings is 2. The molecule has 5 nitrogen and oxygen atoms in total. The fourth-order valence-electron chi connectivity index (χ4n) is 4.13. The minimum Gasteiger partial charge on any atom is -0.341 e. The van der Waals surface area contributed by atoms with Crippen molar-refractivity contribution in [3.63, 3.8) is 0 Å². The number of hydrogen-bond acceptors (Lipinski definition) is 4. The van der Waals surface area contributed by atoms with Gasteiger partial charge in [0.1, 0.15) is 0 Å². The van der Waals surface area contributed by atoms with Crippen molar-refractivity contribution in [3.8, 4) is 11.1 Å². The van der Waals surface area contributed by atoms with E-state index >= 15 is 0 Å². The van der Waals surface area contributed by atoms with Crippen LogP contribution in [-0.2, 0) is 17.8 Å². The maximum Gasteiger partial charge on any atom is 0.227 e. The lowest BCUT2D eigenvalue weighted by atomic mass is 9.95. The Hall–Kier alpha value is -3.05. The van der Waals surface area contributed by atoms with Gasteiger partial charge in [-0.2, -0.15) is 0 Å². The number of aromatic nitrogens is 2. The highest BCUT2D eigenvalue weighted by Gasteiger charge is 2.29. The number of amides is 1. The maximum atomic E-state index is 13.1. The Bertz CT molecular complexity index is 944. The number of rotatable bonds is 6. The van der Waals surface area contributed by atoms with E-state index < -0.39 is 0 Å². The van der Waals surface area contributed by atoms with E-state index in [2.05, 4.69) is 58.2 Å². The fourth-order valence-corrected chi connectivity index (χ4v) is 4.13. The second-order valence-corrected chi connectivity index (χ2v) is 7.84. The fraction of sp³-hybridized carbons (Fsp3) is 0.320. The van der Waals surface area contributed by atoms with Crippen molar-refractivity contribution in [2.75, 3.05) is 26.2 Å². The molecule has 0 radical (unpaired) electrons. The van der Waals surface area contributed by atoms with E-state index in [1.807, 2.05) is 41.8 Å². The van der Waals surface area contributed by atoms with E-state index in [9.17, 15) is 4.79 Å². The van der Waals surface area contributed by atoms with Crippen LogP contribution in [0.25, 0.3) is 11.1 Å². The van der Waals surface area contributed by atoms with Gasteiger partial charge in [0.15, 0.2) is 0 Å². The Balaban J connectivity index is 1.49. The summed E-state index contributed by atoms with van der Waals surface area (Å²) in [6.07, 6.45) is 8.05. The molecule has 30 heavy (non-hydrogen) atoms. The molecule has 0 unspecified atom stereocenters. The van der Waals surface area contributed by atoms with E-state index in [0.29, 0.717) is 0 Å². The molecule has 1 saturated heterocycles. The topological polar surface area (TPSA) is 49.3 Å². The minimum atomic E-state index is -0.0268. The van der Waals surface area contributed by atoms with Crippen LogP contribution >= 0.6 is 0 Å². The van der Waals surface area contributed by atoms with Gasteiger partial charge >= 0.3 is 0 Å². The highest BCUT2D eigenvalue weighted by molar-refractivity contribution is 5.79. The maximum absolute atomic E-state index is 13.1. The molecular formula is C25H28N4O. The summed E-state index contributed by atoms with van der Waals surface area (Å²) in [5.41, 5.74) is 4.77. The number of benzene rings is 1. The number of carbonyl (C=O) groups excluding carboxylic acids is 1. The molecule has 0 saturated carbocycles. The summed E-state index contributed by atoms with van der Waals surface area (Å²) < 4.78 is 0. The Labute approximate surface area is 178 Å². The van der Waals surface area contributed by atoms with E-state index in [-0.39, 0.29) is 11.8 Å². The first-order valence-corrected chi connectivity index (χ1v) is 10.6. The van der Waals surface area contributed by atoms with E-state index in [1.165, 1.54) is 16.7 Å². The number of nitrogens with zero attached hydrogens (tertiary/aromatic N) is 4. The van der Waals surface area contributed by atoms with Crippen LogP contribution in [0.1, 0.15) is 18.1 Å². The molecule has 0 spiro atoms. The van der Waals surface area contributed by atoms with Crippen LogP contribution in [0, 0.1) is 5.92 Å². The zero-order chi connectivity index (χ0) is 20.8. The zero-order valence-corrected chi connectivity index (χ0v) is 17.4. The first-order chi connectivity index (χ1) is 14.7. The van der Waals surface area contributed by atoms with Crippen LogP contribution in [-0.4, -0.2) is 51.9 Å². The van der Waals surface area contributed by atoms with Gasteiger partial charge in [0.2, 0.25) is 5.91 Å². The molecule has 3 heterocycles. The molecule has 0 aliphatic carbocycles. The van der Waals surface area contributed by atoms with Gasteiger partial charge in [-0.25, -0.2) is 0 Å². The van der Waals surface area contributed by atoms with Crippen molar-refractivity contribution < 1.29 is 4.79 Å². The largest absolute Gasteiger partial charge is 0.341 e. The van der Waals surface area contributed by atoms with Crippen molar-refractivity contribution in [2.45, 2.75) is 19.9 Å². The molecular weight excluding hydrogens is 372 g/mol. The monoisotopic (exact) mass is 400 g/mol. The van der Waals surface area contributed by atoms with Crippen molar-refractivity contribution >= 4 is 5.91 Å². The first-order valence-electron chi connectivity index (χ1n) is 10.6. The lowest BCUT2D eigenvalue weighted by Gasteiger charge is -2.23. The van der Waals surface area contributed by atoms with Crippen LogP contribution in [0.4, 0.5) is 0 Å². The Morgan fingerprint density at radius 1 is 0.833 bits per heavy atom. The van der Waals surface area contributed by atoms with Gasteiger partial charge in [0, 0.05) is 57.5 Å². The van der Waals surface area contributed by atoms with Crippen LogP contribution < -0.4 is 0 Å². The van der Waals surface area contributed by atoms with Crippen molar-refractivity contribution in [1.82, 2.24) is 19.8 Å². The van der Waals surface area contributed by atoms with Crippen LogP contribution in [0.5, 0.6) is 0 Å². The summed E-state index contributed by atoms with van der Waals surface area (Å²) in [5, 5.41) is 0. The van der Waals surface area contributed by atoms with E-state index in [4.69, 9.17) is 0 Å².